The first kappa shape index (κ1) is 10.9. The molecule has 0 unspecified atom stereocenters. The summed E-state index contributed by atoms with van der Waals surface area (Å²) in [5, 5.41) is 6.16. The number of nitrogens with one attached hydrogen (secondary N) is 2. The maximum Gasteiger partial charge on any atom is 0.237 e. The number of amides is 1. The molecule has 0 spiro atoms. The lowest BCUT2D eigenvalue weighted by Crippen LogP contribution is -2.47. The average Bonchev–Trinajstić information content (AvgIpc) is 2.19. The molecule has 0 aromatic heterocycles. The summed E-state index contributed by atoms with van der Waals surface area (Å²) in [7, 11) is 0. The third-order valence-corrected chi connectivity index (χ3v) is 2.84. The molecule has 1 atom stereocenters. The molecule has 0 bridgehead atoms. The number of rotatable bonds is 4. The Morgan fingerprint density at radius 1 is 1.62 bits per heavy atom. The van der Waals surface area contributed by atoms with Gasteiger partial charge in [-0.1, -0.05) is 6.42 Å². The first-order valence-corrected chi connectivity index (χ1v) is 6.24. The van der Waals surface area contributed by atoms with Crippen LogP contribution in [0.4, 0.5) is 0 Å². The van der Waals surface area contributed by atoms with Crippen molar-refractivity contribution in [3.63, 3.8) is 0 Å². The monoisotopic (exact) mass is 202 g/mol. The zero-order valence-electron chi connectivity index (χ0n) is 8.14. The Balaban J connectivity index is 2.13. The highest BCUT2D eigenvalue weighted by molar-refractivity contribution is 7.98. The number of piperidine rings is 1. The molecule has 1 aliphatic heterocycles. The molecule has 13 heavy (non-hydrogen) atoms. The van der Waals surface area contributed by atoms with Crippen molar-refractivity contribution in [1.29, 1.82) is 0 Å². The molecular weight excluding hydrogens is 184 g/mol. The van der Waals surface area contributed by atoms with Gasteiger partial charge < -0.3 is 10.6 Å². The standard InChI is InChI=1S/C9H18N2OS/c1-13-7-6-11-9(12)8-4-2-3-5-10-8/h8,10H,2-7H2,1H3,(H,11,12)/t8-/m0/s1. The number of hydrogen-bond donors (Lipinski definition) is 2. The number of carbonyl (C=O) groups is 1. The van der Waals surface area contributed by atoms with Crippen LogP contribution >= 0.6 is 11.8 Å². The molecule has 76 valence electrons. The summed E-state index contributed by atoms with van der Waals surface area (Å²) in [6, 6.07) is 0.0654. The second-order valence-electron chi connectivity index (χ2n) is 3.29. The van der Waals surface area contributed by atoms with Crippen molar-refractivity contribution in [2.45, 2.75) is 25.3 Å². The minimum Gasteiger partial charge on any atom is -0.354 e. The number of thioether (sulfide) groups is 1. The lowest BCUT2D eigenvalue weighted by Gasteiger charge is -2.22. The van der Waals surface area contributed by atoms with E-state index >= 15 is 0 Å². The molecule has 0 aromatic rings. The third kappa shape index (κ3) is 4.00. The van der Waals surface area contributed by atoms with Gasteiger partial charge in [0, 0.05) is 12.3 Å². The van der Waals surface area contributed by atoms with Crippen LogP contribution in [-0.2, 0) is 4.79 Å². The van der Waals surface area contributed by atoms with E-state index in [0.29, 0.717) is 0 Å². The Hall–Kier alpha value is -0.220. The van der Waals surface area contributed by atoms with E-state index in [1.54, 1.807) is 11.8 Å². The van der Waals surface area contributed by atoms with Gasteiger partial charge in [0.25, 0.3) is 0 Å². The van der Waals surface area contributed by atoms with E-state index in [-0.39, 0.29) is 11.9 Å². The minimum absolute atomic E-state index is 0.0654. The van der Waals surface area contributed by atoms with Crippen LogP contribution in [0.5, 0.6) is 0 Å². The van der Waals surface area contributed by atoms with Gasteiger partial charge in [-0.2, -0.15) is 11.8 Å². The topological polar surface area (TPSA) is 41.1 Å². The Labute approximate surface area is 84.0 Å². The lowest BCUT2D eigenvalue weighted by atomic mass is 10.0. The van der Waals surface area contributed by atoms with Crippen LogP contribution in [0.3, 0.4) is 0 Å². The first-order chi connectivity index (χ1) is 6.34. The molecule has 1 aliphatic rings. The SMILES string of the molecule is CSCCNC(=O)[C@@H]1CCCCN1. The Morgan fingerprint density at radius 3 is 3.08 bits per heavy atom. The molecule has 0 aromatic carbocycles. The largest absolute Gasteiger partial charge is 0.354 e. The Kier molecular flexibility index (Phi) is 5.23. The molecule has 0 aliphatic carbocycles. The zero-order chi connectivity index (χ0) is 9.52. The van der Waals surface area contributed by atoms with E-state index in [0.717, 1.165) is 25.3 Å². The molecule has 1 saturated heterocycles. The van der Waals surface area contributed by atoms with E-state index in [2.05, 4.69) is 10.6 Å². The fourth-order valence-electron chi connectivity index (χ4n) is 1.48. The predicted octanol–water partition coefficient (Wildman–Crippen LogP) is 0.608. The van der Waals surface area contributed by atoms with Crippen LogP contribution in [0, 0.1) is 0 Å². The van der Waals surface area contributed by atoms with Crippen LogP contribution in [0.25, 0.3) is 0 Å². The Morgan fingerprint density at radius 2 is 2.46 bits per heavy atom. The van der Waals surface area contributed by atoms with Gasteiger partial charge in [-0.05, 0) is 25.6 Å². The van der Waals surface area contributed by atoms with Crippen LogP contribution in [0.1, 0.15) is 19.3 Å². The van der Waals surface area contributed by atoms with Gasteiger partial charge in [-0.15, -0.1) is 0 Å². The first-order valence-electron chi connectivity index (χ1n) is 4.84. The summed E-state index contributed by atoms with van der Waals surface area (Å²) in [5.74, 6) is 1.17. The molecule has 1 rings (SSSR count). The molecular formula is C9H18N2OS. The van der Waals surface area contributed by atoms with Crippen LogP contribution in [0.2, 0.25) is 0 Å². The highest BCUT2D eigenvalue weighted by Crippen LogP contribution is 2.06. The van der Waals surface area contributed by atoms with Gasteiger partial charge >= 0.3 is 0 Å². The third-order valence-electron chi connectivity index (χ3n) is 2.23. The molecule has 0 saturated carbocycles. The maximum atomic E-state index is 11.5. The van der Waals surface area contributed by atoms with Gasteiger partial charge in [0.1, 0.15) is 0 Å². The van der Waals surface area contributed by atoms with Crippen molar-refractivity contribution in [3.8, 4) is 0 Å². The van der Waals surface area contributed by atoms with Crippen LogP contribution < -0.4 is 10.6 Å². The van der Waals surface area contributed by atoms with Crippen molar-refractivity contribution in [2.24, 2.45) is 0 Å². The van der Waals surface area contributed by atoms with E-state index in [1.165, 1.54) is 12.8 Å². The van der Waals surface area contributed by atoms with Crippen molar-refractivity contribution >= 4 is 17.7 Å². The second-order valence-corrected chi connectivity index (χ2v) is 4.27. The van der Waals surface area contributed by atoms with Gasteiger partial charge in [0.05, 0.1) is 6.04 Å². The fraction of sp³-hybridized carbons (Fsp3) is 0.889. The van der Waals surface area contributed by atoms with E-state index < -0.39 is 0 Å². The summed E-state index contributed by atoms with van der Waals surface area (Å²) < 4.78 is 0. The average molecular weight is 202 g/mol. The minimum atomic E-state index is 0.0654. The molecule has 2 N–H and O–H groups in total. The molecule has 1 amide bonds. The molecule has 1 fully saturated rings. The van der Waals surface area contributed by atoms with Crippen LogP contribution in [0.15, 0.2) is 0 Å². The summed E-state index contributed by atoms with van der Waals surface area (Å²) in [5.41, 5.74) is 0. The molecule has 4 heteroatoms. The zero-order valence-corrected chi connectivity index (χ0v) is 8.95. The highest BCUT2D eigenvalue weighted by atomic mass is 32.2. The summed E-state index contributed by atoms with van der Waals surface area (Å²) in [4.78, 5) is 11.5. The Bertz CT molecular complexity index is 158. The molecule has 3 nitrogen and oxygen atoms in total. The highest BCUT2D eigenvalue weighted by Gasteiger charge is 2.19. The number of hydrogen-bond acceptors (Lipinski definition) is 3. The lowest BCUT2D eigenvalue weighted by molar-refractivity contribution is -0.123. The summed E-state index contributed by atoms with van der Waals surface area (Å²) >= 11 is 1.76. The van der Waals surface area contributed by atoms with E-state index in [4.69, 9.17) is 0 Å². The quantitative estimate of drug-likeness (QED) is 0.656. The summed E-state index contributed by atoms with van der Waals surface area (Å²) in [6.45, 7) is 1.78. The second kappa shape index (κ2) is 6.27. The van der Waals surface area contributed by atoms with Crippen molar-refractivity contribution < 1.29 is 4.79 Å². The predicted molar refractivity (Wildman–Crippen MR) is 57.0 cm³/mol. The van der Waals surface area contributed by atoms with Gasteiger partial charge in [0.2, 0.25) is 5.91 Å². The molecule has 0 radical (unpaired) electrons. The van der Waals surface area contributed by atoms with Gasteiger partial charge in [-0.3, -0.25) is 4.79 Å². The smallest absolute Gasteiger partial charge is 0.237 e. The van der Waals surface area contributed by atoms with Crippen molar-refractivity contribution in [2.75, 3.05) is 25.1 Å². The normalized spacial score (nSPS) is 22.7. The van der Waals surface area contributed by atoms with E-state index in [1.807, 2.05) is 6.26 Å². The fourth-order valence-corrected chi connectivity index (χ4v) is 1.78. The summed E-state index contributed by atoms with van der Waals surface area (Å²) in [6.07, 6.45) is 5.42. The number of carbonyl (C=O) groups excluding carboxylic acids is 1. The van der Waals surface area contributed by atoms with Crippen molar-refractivity contribution in [1.82, 2.24) is 10.6 Å². The maximum absolute atomic E-state index is 11.5. The molecule has 1 heterocycles. The van der Waals surface area contributed by atoms with E-state index in [9.17, 15) is 4.79 Å². The van der Waals surface area contributed by atoms with Gasteiger partial charge in [0.15, 0.2) is 0 Å². The van der Waals surface area contributed by atoms with Gasteiger partial charge in [-0.25, -0.2) is 0 Å². The van der Waals surface area contributed by atoms with Crippen molar-refractivity contribution in [3.05, 3.63) is 0 Å². The van der Waals surface area contributed by atoms with Crippen LogP contribution in [-0.4, -0.2) is 37.0 Å².